The molecule has 3 aromatic rings. The lowest BCUT2D eigenvalue weighted by atomic mass is 9.78. The van der Waals surface area contributed by atoms with Gasteiger partial charge in [-0.1, -0.05) is 42.5 Å². The predicted octanol–water partition coefficient (Wildman–Crippen LogP) is 4.95. The Morgan fingerprint density at radius 2 is 1.27 bits per heavy atom. The van der Waals surface area contributed by atoms with Crippen molar-refractivity contribution in [2.75, 3.05) is 0 Å². The summed E-state index contributed by atoms with van der Waals surface area (Å²) in [7, 11) is -0.376. The van der Waals surface area contributed by atoms with Crippen molar-refractivity contribution in [1.82, 2.24) is 0 Å². The predicted molar refractivity (Wildman–Crippen MR) is 105 cm³/mol. The van der Waals surface area contributed by atoms with Crippen LogP contribution in [0.2, 0.25) is 0 Å². The molecule has 1 heterocycles. The van der Waals surface area contributed by atoms with Crippen LogP contribution < -0.4 is 5.46 Å². The Bertz CT molecular complexity index is 948. The summed E-state index contributed by atoms with van der Waals surface area (Å²) in [4.78, 5) is 0. The molecule has 0 bridgehead atoms. The van der Waals surface area contributed by atoms with Crippen molar-refractivity contribution in [3.05, 3.63) is 66.5 Å². The van der Waals surface area contributed by atoms with Crippen LogP contribution in [0.4, 0.5) is 4.39 Å². The Kier molecular flexibility index (Phi) is 3.94. The van der Waals surface area contributed by atoms with E-state index in [9.17, 15) is 4.39 Å². The largest absolute Gasteiger partial charge is 0.494 e. The number of halogens is 1. The van der Waals surface area contributed by atoms with Gasteiger partial charge in [-0.25, -0.2) is 4.39 Å². The van der Waals surface area contributed by atoms with E-state index in [4.69, 9.17) is 9.31 Å². The molecule has 1 saturated heterocycles. The van der Waals surface area contributed by atoms with E-state index in [1.165, 1.54) is 12.1 Å². The molecule has 26 heavy (non-hydrogen) atoms. The number of fused-ring (bicyclic) bond motifs is 1. The van der Waals surface area contributed by atoms with Crippen LogP contribution in [0.25, 0.3) is 21.9 Å². The fourth-order valence-corrected chi connectivity index (χ4v) is 3.21. The molecule has 0 saturated carbocycles. The van der Waals surface area contributed by atoms with Crippen LogP contribution in [0.15, 0.2) is 60.7 Å². The monoisotopic (exact) mass is 348 g/mol. The maximum atomic E-state index is 13.2. The van der Waals surface area contributed by atoms with Crippen LogP contribution in [0.1, 0.15) is 27.7 Å². The van der Waals surface area contributed by atoms with E-state index in [1.54, 1.807) is 12.1 Å². The highest BCUT2D eigenvalue weighted by Gasteiger charge is 2.51. The van der Waals surface area contributed by atoms with E-state index in [2.05, 4.69) is 64.1 Å². The smallest absolute Gasteiger partial charge is 0.399 e. The standard InChI is InChI=1S/C22H22BFO2/c1-21(2)22(3,4)26-23(25-21)19-10-7-16-5-6-17(13-18(16)14-19)15-8-11-20(24)12-9-15/h5-14H,1-4H3. The summed E-state index contributed by atoms with van der Waals surface area (Å²) < 4.78 is 25.5. The highest BCUT2D eigenvalue weighted by molar-refractivity contribution is 6.62. The van der Waals surface area contributed by atoms with Crippen LogP contribution in [0.5, 0.6) is 0 Å². The Labute approximate surface area is 154 Å². The van der Waals surface area contributed by atoms with Gasteiger partial charge in [-0.05, 0) is 73.3 Å². The van der Waals surface area contributed by atoms with E-state index in [0.717, 1.165) is 27.4 Å². The molecule has 0 unspecified atom stereocenters. The van der Waals surface area contributed by atoms with E-state index in [-0.39, 0.29) is 24.1 Å². The molecular formula is C22H22BFO2. The molecular weight excluding hydrogens is 326 g/mol. The normalized spacial score (nSPS) is 18.4. The van der Waals surface area contributed by atoms with Crippen LogP contribution in [0.3, 0.4) is 0 Å². The van der Waals surface area contributed by atoms with Crippen LogP contribution >= 0.6 is 0 Å². The summed E-state index contributed by atoms with van der Waals surface area (Å²) in [6.45, 7) is 8.22. The van der Waals surface area contributed by atoms with Gasteiger partial charge in [0, 0.05) is 0 Å². The van der Waals surface area contributed by atoms with Crippen molar-refractivity contribution in [2.45, 2.75) is 38.9 Å². The van der Waals surface area contributed by atoms with Crippen molar-refractivity contribution in [2.24, 2.45) is 0 Å². The van der Waals surface area contributed by atoms with Gasteiger partial charge in [0.15, 0.2) is 0 Å². The lowest BCUT2D eigenvalue weighted by molar-refractivity contribution is 0.00578. The Morgan fingerprint density at radius 1 is 0.692 bits per heavy atom. The van der Waals surface area contributed by atoms with Gasteiger partial charge in [0.1, 0.15) is 5.82 Å². The summed E-state index contributed by atoms with van der Waals surface area (Å²) in [6, 6.07) is 19.1. The Balaban J connectivity index is 1.72. The first-order valence-corrected chi connectivity index (χ1v) is 8.90. The van der Waals surface area contributed by atoms with E-state index in [1.807, 2.05) is 0 Å². The first-order valence-electron chi connectivity index (χ1n) is 8.90. The molecule has 1 aliphatic heterocycles. The second-order valence-electron chi connectivity index (χ2n) is 7.92. The maximum absolute atomic E-state index is 13.2. The Morgan fingerprint density at radius 3 is 1.92 bits per heavy atom. The molecule has 0 amide bonds. The van der Waals surface area contributed by atoms with E-state index in [0.29, 0.717) is 0 Å². The SMILES string of the molecule is CC1(C)OB(c2ccc3ccc(-c4ccc(F)cc4)cc3c2)OC1(C)C. The number of benzene rings is 3. The number of hydrogen-bond acceptors (Lipinski definition) is 2. The molecule has 4 heteroatoms. The molecule has 0 aromatic heterocycles. The Hall–Kier alpha value is -2.17. The zero-order valence-corrected chi connectivity index (χ0v) is 15.5. The third-order valence-corrected chi connectivity index (χ3v) is 5.57. The quantitative estimate of drug-likeness (QED) is 0.611. The molecule has 3 aromatic carbocycles. The first-order chi connectivity index (χ1) is 12.2. The van der Waals surface area contributed by atoms with Gasteiger partial charge in [-0.3, -0.25) is 0 Å². The van der Waals surface area contributed by atoms with Crippen molar-refractivity contribution in [1.29, 1.82) is 0 Å². The maximum Gasteiger partial charge on any atom is 0.494 e. The second-order valence-corrected chi connectivity index (χ2v) is 7.92. The molecule has 0 N–H and O–H groups in total. The lowest BCUT2D eigenvalue weighted by Crippen LogP contribution is -2.41. The summed E-state index contributed by atoms with van der Waals surface area (Å²) in [5.41, 5.74) is 2.34. The fraction of sp³-hybridized carbons (Fsp3) is 0.273. The molecule has 0 atom stereocenters. The molecule has 1 aliphatic rings. The highest BCUT2D eigenvalue weighted by Crippen LogP contribution is 2.36. The minimum absolute atomic E-state index is 0.224. The summed E-state index contributed by atoms with van der Waals surface area (Å²) in [5, 5.41) is 2.26. The van der Waals surface area contributed by atoms with Gasteiger partial charge in [0.05, 0.1) is 11.2 Å². The zero-order chi connectivity index (χ0) is 18.5. The van der Waals surface area contributed by atoms with Crippen molar-refractivity contribution in [3.8, 4) is 11.1 Å². The zero-order valence-electron chi connectivity index (χ0n) is 15.5. The van der Waals surface area contributed by atoms with Gasteiger partial charge < -0.3 is 9.31 Å². The van der Waals surface area contributed by atoms with Crippen molar-refractivity contribution in [3.63, 3.8) is 0 Å². The minimum atomic E-state index is -0.376. The van der Waals surface area contributed by atoms with Crippen LogP contribution in [-0.4, -0.2) is 18.3 Å². The van der Waals surface area contributed by atoms with Gasteiger partial charge in [0.2, 0.25) is 0 Å². The van der Waals surface area contributed by atoms with Gasteiger partial charge in [-0.15, -0.1) is 0 Å². The molecule has 132 valence electrons. The third kappa shape index (κ3) is 2.93. The summed E-state index contributed by atoms with van der Waals surface area (Å²) in [6.07, 6.45) is 0. The third-order valence-electron chi connectivity index (χ3n) is 5.57. The molecule has 0 aliphatic carbocycles. The average molecular weight is 348 g/mol. The molecule has 4 rings (SSSR count). The van der Waals surface area contributed by atoms with E-state index >= 15 is 0 Å². The molecule has 1 fully saturated rings. The fourth-order valence-electron chi connectivity index (χ4n) is 3.21. The number of hydrogen-bond donors (Lipinski definition) is 0. The summed E-state index contributed by atoms with van der Waals surface area (Å²) >= 11 is 0. The highest BCUT2D eigenvalue weighted by atomic mass is 19.1. The second kappa shape index (κ2) is 5.93. The van der Waals surface area contributed by atoms with Crippen molar-refractivity contribution < 1.29 is 13.7 Å². The topological polar surface area (TPSA) is 18.5 Å². The van der Waals surface area contributed by atoms with Crippen LogP contribution in [-0.2, 0) is 9.31 Å². The van der Waals surface area contributed by atoms with Crippen LogP contribution in [0, 0.1) is 5.82 Å². The molecule has 0 spiro atoms. The lowest BCUT2D eigenvalue weighted by Gasteiger charge is -2.32. The molecule has 2 nitrogen and oxygen atoms in total. The summed E-state index contributed by atoms with van der Waals surface area (Å²) in [5.74, 6) is -0.224. The first kappa shape index (κ1) is 17.3. The number of rotatable bonds is 2. The minimum Gasteiger partial charge on any atom is -0.399 e. The van der Waals surface area contributed by atoms with Gasteiger partial charge in [-0.2, -0.15) is 0 Å². The van der Waals surface area contributed by atoms with Gasteiger partial charge >= 0.3 is 7.12 Å². The van der Waals surface area contributed by atoms with E-state index < -0.39 is 0 Å². The van der Waals surface area contributed by atoms with Gasteiger partial charge in [0.25, 0.3) is 0 Å². The van der Waals surface area contributed by atoms with Crippen molar-refractivity contribution >= 4 is 23.4 Å². The average Bonchev–Trinajstić information content (AvgIpc) is 2.82. The molecule has 0 radical (unpaired) electrons.